The van der Waals surface area contributed by atoms with E-state index in [0.29, 0.717) is 18.8 Å². The molecular formula is C14H28Cl2N4OS. The zero-order valence-corrected chi connectivity index (χ0v) is 15.8. The summed E-state index contributed by atoms with van der Waals surface area (Å²) in [5.74, 6) is -0.0765. The quantitative estimate of drug-likeness (QED) is 0.620. The van der Waals surface area contributed by atoms with Crippen LogP contribution in [0.4, 0.5) is 0 Å². The van der Waals surface area contributed by atoms with Crippen molar-refractivity contribution in [1.29, 1.82) is 0 Å². The van der Waals surface area contributed by atoms with Gasteiger partial charge >= 0.3 is 0 Å². The smallest absolute Gasteiger partial charge is 0.270 e. The summed E-state index contributed by atoms with van der Waals surface area (Å²) in [5.41, 5.74) is 5.98. The van der Waals surface area contributed by atoms with Gasteiger partial charge in [0.1, 0.15) is 5.69 Å². The van der Waals surface area contributed by atoms with Gasteiger partial charge in [-0.3, -0.25) is 4.79 Å². The summed E-state index contributed by atoms with van der Waals surface area (Å²) in [4.78, 5) is 18.5. The Bertz CT molecular complexity index is 400. The molecule has 22 heavy (non-hydrogen) atoms. The van der Waals surface area contributed by atoms with Crippen LogP contribution in [0.25, 0.3) is 0 Å². The second-order valence-corrected chi connectivity index (χ2v) is 5.60. The van der Waals surface area contributed by atoms with Gasteiger partial charge < -0.3 is 16.0 Å². The second-order valence-electron chi connectivity index (χ2n) is 4.66. The Morgan fingerprint density at radius 2 is 2.00 bits per heavy atom. The number of nitrogens with one attached hydrogen (secondary N) is 1. The fraction of sp³-hybridized carbons (Fsp3) is 0.714. The van der Waals surface area contributed by atoms with Crippen molar-refractivity contribution in [3.63, 3.8) is 0 Å². The van der Waals surface area contributed by atoms with E-state index < -0.39 is 0 Å². The Balaban J connectivity index is 0. The van der Waals surface area contributed by atoms with Crippen molar-refractivity contribution < 1.29 is 4.79 Å². The van der Waals surface area contributed by atoms with Gasteiger partial charge in [0.25, 0.3) is 5.91 Å². The predicted molar refractivity (Wildman–Crippen MR) is 98.7 cm³/mol. The van der Waals surface area contributed by atoms with Gasteiger partial charge in [0.15, 0.2) is 0 Å². The first-order valence-electron chi connectivity index (χ1n) is 7.36. The maximum Gasteiger partial charge on any atom is 0.270 e. The minimum atomic E-state index is -0.0765. The fourth-order valence-corrected chi connectivity index (χ4v) is 2.74. The van der Waals surface area contributed by atoms with Crippen LogP contribution >= 0.6 is 36.2 Å². The Labute approximate surface area is 149 Å². The van der Waals surface area contributed by atoms with Gasteiger partial charge in [0, 0.05) is 18.3 Å². The molecule has 0 aliphatic carbocycles. The van der Waals surface area contributed by atoms with E-state index in [0.717, 1.165) is 43.9 Å². The number of hydrogen-bond donors (Lipinski definition) is 2. The first-order valence-corrected chi connectivity index (χ1v) is 8.24. The molecule has 1 aromatic rings. The molecule has 130 valence electrons. The highest BCUT2D eigenvalue weighted by Gasteiger charge is 2.09. The van der Waals surface area contributed by atoms with Gasteiger partial charge in [0.05, 0.1) is 5.01 Å². The number of carbonyl (C=O) groups is 1. The van der Waals surface area contributed by atoms with Crippen molar-refractivity contribution in [1.82, 2.24) is 15.2 Å². The zero-order valence-electron chi connectivity index (χ0n) is 13.3. The standard InChI is InChI=1S/C14H26N4OS.2ClH/c1-3-18(4-2)10-6-5-9-16-14(19)12-11-20-13(17-12)7-8-15;;/h11H,3-10,15H2,1-2H3,(H,16,19);2*1H. The number of nitrogens with two attached hydrogens (primary N) is 1. The maximum atomic E-state index is 11.9. The highest BCUT2D eigenvalue weighted by atomic mass is 35.5. The molecular weight excluding hydrogens is 343 g/mol. The summed E-state index contributed by atoms with van der Waals surface area (Å²) >= 11 is 1.50. The van der Waals surface area contributed by atoms with Crippen LogP contribution in [0.2, 0.25) is 0 Å². The SMILES string of the molecule is CCN(CC)CCCCNC(=O)c1csc(CCN)n1.Cl.Cl. The number of amides is 1. The summed E-state index contributed by atoms with van der Waals surface area (Å²) < 4.78 is 0. The number of unbranched alkanes of at least 4 members (excludes halogenated alkanes) is 1. The topological polar surface area (TPSA) is 71.2 Å². The summed E-state index contributed by atoms with van der Waals surface area (Å²) in [6, 6.07) is 0. The van der Waals surface area contributed by atoms with Crippen molar-refractivity contribution in [2.45, 2.75) is 33.1 Å². The highest BCUT2D eigenvalue weighted by Crippen LogP contribution is 2.09. The van der Waals surface area contributed by atoms with Crippen molar-refractivity contribution in [3.8, 4) is 0 Å². The summed E-state index contributed by atoms with van der Waals surface area (Å²) in [6.45, 7) is 8.90. The highest BCUT2D eigenvalue weighted by molar-refractivity contribution is 7.09. The molecule has 0 aliphatic rings. The Hall–Kier alpha value is -0.400. The molecule has 0 unspecified atom stereocenters. The Kier molecular flexibility index (Phi) is 15.4. The molecule has 0 spiro atoms. The molecule has 0 saturated carbocycles. The van der Waals surface area contributed by atoms with Gasteiger partial charge in [-0.25, -0.2) is 4.98 Å². The van der Waals surface area contributed by atoms with Crippen LogP contribution in [0.5, 0.6) is 0 Å². The lowest BCUT2D eigenvalue weighted by Gasteiger charge is -2.17. The summed E-state index contributed by atoms with van der Waals surface area (Å²) in [5, 5.41) is 5.65. The van der Waals surface area contributed by atoms with Gasteiger partial charge in [-0.2, -0.15) is 0 Å². The van der Waals surface area contributed by atoms with Gasteiger partial charge in [-0.1, -0.05) is 13.8 Å². The molecule has 0 bridgehead atoms. The van der Waals surface area contributed by atoms with E-state index in [9.17, 15) is 4.79 Å². The van der Waals surface area contributed by atoms with E-state index >= 15 is 0 Å². The van der Waals surface area contributed by atoms with E-state index in [4.69, 9.17) is 5.73 Å². The molecule has 0 saturated heterocycles. The lowest BCUT2D eigenvalue weighted by Crippen LogP contribution is -2.27. The number of nitrogens with zero attached hydrogens (tertiary/aromatic N) is 2. The van der Waals surface area contributed by atoms with Crippen molar-refractivity contribution in [2.75, 3.05) is 32.7 Å². The molecule has 0 aliphatic heterocycles. The number of carbonyl (C=O) groups excluding carboxylic acids is 1. The molecule has 1 aromatic heterocycles. The van der Waals surface area contributed by atoms with Crippen LogP contribution in [-0.2, 0) is 6.42 Å². The lowest BCUT2D eigenvalue weighted by atomic mass is 10.3. The van der Waals surface area contributed by atoms with E-state index in [2.05, 4.69) is 29.0 Å². The largest absolute Gasteiger partial charge is 0.351 e. The van der Waals surface area contributed by atoms with Crippen LogP contribution < -0.4 is 11.1 Å². The maximum absolute atomic E-state index is 11.9. The molecule has 0 aromatic carbocycles. The second kappa shape index (κ2) is 14.2. The van der Waals surface area contributed by atoms with Gasteiger partial charge in [-0.05, 0) is 39.0 Å². The van der Waals surface area contributed by atoms with Crippen LogP contribution in [0.1, 0.15) is 42.2 Å². The van der Waals surface area contributed by atoms with E-state index in [1.807, 2.05) is 0 Å². The Morgan fingerprint density at radius 1 is 1.32 bits per heavy atom. The molecule has 1 heterocycles. The molecule has 0 atom stereocenters. The summed E-state index contributed by atoms with van der Waals surface area (Å²) in [6.07, 6.45) is 2.85. The average Bonchev–Trinajstić information content (AvgIpc) is 2.92. The minimum Gasteiger partial charge on any atom is -0.351 e. The fourth-order valence-electron chi connectivity index (χ4n) is 1.95. The third kappa shape index (κ3) is 8.90. The molecule has 8 heteroatoms. The van der Waals surface area contributed by atoms with Crippen molar-refractivity contribution in [2.24, 2.45) is 5.73 Å². The van der Waals surface area contributed by atoms with Gasteiger partial charge in [0.2, 0.25) is 0 Å². The van der Waals surface area contributed by atoms with E-state index in [-0.39, 0.29) is 30.7 Å². The third-order valence-corrected chi connectivity index (χ3v) is 4.13. The Morgan fingerprint density at radius 3 is 2.59 bits per heavy atom. The van der Waals surface area contributed by atoms with Crippen LogP contribution in [0.15, 0.2) is 5.38 Å². The molecule has 0 fully saturated rings. The molecule has 1 rings (SSSR count). The van der Waals surface area contributed by atoms with Crippen LogP contribution in [0, 0.1) is 0 Å². The first-order chi connectivity index (χ1) is 9.71. The number of thiazole rings is 1. The number of aromatic nitrogens is 1. The molecule has 3 N–H and O–H groups in total. The van der Waals surface area contributed by atoms with Crippen molar-refractivity contribution in [3.05, 3.63) is 16.1 Å². The summed E-state index contributed by atoms with van der Waals surface area (Å²) in [7, 11) is 0. The number of hydrogen-bond acceptors (Lipinski definition) is 5. The molecule has 1 amide bonds. The van der Waals surface area contributed by atoms with E-state index in [1.54, 1.807) is 5.38 Å². The number of rotatable bonds is 10. The predicted octanol–water partition coefficient (Wildman–Crippen LogP) is 2.34. The van der Waals surface area contributed by atoms with Crippen LogP contribution in [-0.4, -0.2) is 48.5 Å². The van der Waals surface area contributed by atoms with E-state index in [1.165, 1.54) is 11.3 Å². The third-order valence-electron chi connectivity index (χ3n) is 3.22. The monoisotopic (exact) mass is 370 g/mol. The zero-order chi connectivity index (χ0) is 14.8. The van der Waals surface area contributed by atoms with Crippen LogP contribution in [0.3, 0.4) is 0 Å². The van der Waals surface area contributed by atoms with Crippen molar-refractivity contribution >= 4 is 42.1 Å². The molecule has 0 radical (unpaired) electrons. The number of halogens is 2. The van der Waals surface area contributed by atoms with Gasteiger partial charge in [-0.15, -0.1) is 36.2 Å². The lowest BCUT2D eigenvalue weighted by molar-refractivity contribution is 0.0948. The minimum absolute atomic E-state index is 0. The molecule has 5 nitrogen and oxygen atoms in total. The normalized spacial score (nSPS) is 10.0. The average molecular weight is 371 g/mol. The first kappa shape index (κ1) is 23.9.